The van der Waals surface area contributed by atoms with E-state index in [1.54, 1.807) is 4.90 Å². The molecule has 2 aliphatic heterocycles. The number of hydrogen-bond donors (Lipinski definition) is 1. The van der Waals surface area contributed by atoms with Crippen molar-refractivity contribution >= 4 is 17.4 Å². The lowest BCUT2D eigenvalue weighted by Crippen LogP contribution is -2.43. The number of nitrogens with one attached hydrogen (secondary N) is 1. The van der Waals surface area contributed by atoms with Gasteiger partial charge in [0.05, 0.1) is 0 Å². The molecule has 1 unspecified atom stereocenters. The molecule has 0 spiro atoms. The summed E-state index contributed by atoms with van der Waals surface area (Å²) in [4.78, 5) is 18.4. The van der Waals surface area contributed by atoms with E-state index in [0.29, 0.717) is 12.1 Å². The standard InChI is InChI=1S/C23H30N4O/c1-18(19-7-4-3-5-8-19)24-20-11-13-26(14-12-20)21-9-6-10-22(17-21)27-16-15-25(2)23(27)28/h3-10,17-18,20,24H,11-16H2,1-2H3. The Labute approximate surface area is 167 Å². The SMILES string of the molecule is CC(NC1CCN(c2cccc(N3CCN(C)C3=O)c2)CC1)c1ccccc1. The molecule has 2 fully saturated rings. The van der Waals surface area contributed by atoms with Crippen molar-refractivity contribution < 1.29 is 4.79 Å². The average molecular weight is 379 g/mol. The molecule has 2 aromatic carbocycles. The van der Waals surface area contributed by atoms with Crippen molar-refractivity contribution in [2.24, 2.45) is 0 Å². The third-order valence-electron chi connectivity index (χ3n) is 6.00. The van der Waals surface area contributed by atoms with Gasteiger partial charge in [0.1, 0.15) is 0 Å². The molecular formula is C23H30N4O. The minimum Gasteiger partial charge on any atom is -0.371 e. The highest BCUT2D eigenvalue weighted by Crippen LogP contribution is 2.27. The lowest BCUT2D eigenvalue weighted by atomic mass is 10.0. The van der Waals surface area contributed by atoms with Gasteiger partial charge < -0.3 is 15.1 Å². The first kappa shape index (κ1) is 18.8. The van der Waals surface area contributed by atoms with Crippen LogP contribution in [-0.4, -0.2) is 50.2 Å². The Balaban J connectivity index is 1.35. The summed E-state index contributed by atoms with van der Waals surface area (Å²) in [6.45, 7) is 5.88. The number of rotatable bonds is 5. The van der Waals surface area contributed by atoms with Gasteiger partial charge in [0, 0.05) is 56.7 Å². The summed E-state index contributed by atoms with van der Waals surface area (Å²) in [5.74, 6) is 0. The molecule has 4 rings (SSSR count). The van der Waals surface area contributed by atoms with Crippen molar-refractivity contribution in [1.29, 1.82) is 0 Å². The van der Waals surface area contributed by atoms with E-state index in [2.05, 4.69) is 65.7 Å². The van der Waals surface area contributed by atoms with Crippen LogP contribution in [0.25, 0.3) is 0 Å². The van der Waals surface area contributed by atoms with E-state index < -0.39 is 0 Å². The molecule has 148 valence electrons. The van der Waals surface area contributed by atoms with E-state index in [0.717, 1.165) is 44.7 Å². The molecule has 2 heterocycles. The molecule has 0 radical (unpaired) electrons. The summed E-state index contributed by atoms with van der Waals surface area (Å²) in [5, 5.41) is 3.79. The fraction of sp³-hybridized carbons (Fsp3) is 0.435. The highest BCUT2D eigenvalue weighted by molar-refractivity contribution is 5.94. The van der Waals surface area contributed by atoms with Gasteiger partial charge >= 0.3 is 6.03 Å². The van der Waals surface area contributed by atoms with Crippen molar-refractivity contribution in [3.63, 3.8) is 0 Å². The first-order valence-corrected chi connectivity index (χ1v) is 10.3. The second kappa shape index (κ2) is 8.23. The summed E-state index contributed by atoms with van der Waals surface area (Å²) in [6, 6.07) is 20.1. The number of nitrogens with zero attached hydrogens (tertiary/aromatic N) is 3. The number of benzene rings is 2. The van der Waals surface area contributed by atoms with Crippen LogP contribution < -0.4 is 15.1 Å². The zero-order valence-electron chi connectivity index (χ0n) is 16.8. The van der Waals surface area contributed by atoms with Crippen molar-refractivity contribution in [3.8, 4) is 0 Å². The van der Waals surface area contributed by atoms with Crippen LogP contribution in [0.4, 0.5) is 16.2 Å². The summed E-state index contributed by atoms with van der Waals surface area (Å²) < 4.78 is 0. The van der Waals surface area contributed by atoms with Gasteiger partial charge in [0.2, 0.25) is 0 Å². The summed E-state index contributed by atoms with van der Waals surface area (Å²) in [5.41, 5.74) is 3.57. The smallest absolute Gasteiger partial charge is 0.324 e. The number of amides is 2. The number of piperidine rings is 1. The van der Waals surface area contributed by atoms with Crippen LogP contribution in [0.5, 0.6) is 0 Å². The van der Waals surface area contributed by atoms with Crippen LogP contribution in [0.3, 0.4) is 0 Å². The Morgan fingerprint density at radius 2 is 1.64 bits per heavy atom. The third-order valence-corrected chi connectivity index (χ3v) is 6.00. The van der Waals surface area contributed by atoms with Crippen LogP contribution in [0.1, 0.15) is 31.4 Å². The number of urea groups is 1. The van der Waals surface area contributed by atoms with Crippen LogP contribution in [-0.2, 0) is 0 Å². The second-order valence-corrected chi connectivity index (χ2v) is 7.94. The number of anilines is 2. The van der Waals surface area contributed by atoms with Gasteiger partial charge in [-0.2, -0.15) is 0 Å². The first-order valence-electron chi connectivity index (χ1n) is 10.3. The van der Waals surface area contributed by atoms with Gasteiger partial charge in [-0.15, -0.1) is 0 Å². The van der Waals surface area contributed by atoms with Gasteiger partial charge in [-0.25, -0.2) is 4.79 Å². The van der Waals surface area contributed by atoms with Gasteiger partial charge in [0.25, 0.3) is 0 Å². The maximum Gasteiger partial charge on any atom is 0.324 e. The van der Waals surface area contributed by atoms with Crippen LogP contribution in [0.2, 0.25) is 0 Å². The molecule has 2 saturated heterocycles. The van der Waals surface area contributed by atoms with Gasteiger partial charge in [-0.1, -0.05) is 36.4 Å². The molecule has 5 heteroatoms. The molecular weight excluding hydrogens is 348 g/mol. The molecule has 2 amide bonds. The topological polar surface area (TPSA) is 38.8 Å². The Kier molecular flexibility index (Phi) is 5.53. The lowest BCUT2D eigenvalue weighted by Gasteiger charge is -2.35. The fourth-order valence-corrected chi connectivity index (χ4v) is 4.24. The molecule has 2 aliphatic rings. The average Bonchev–Trinajstić information content (AvgIpc) is 3.08. The summed E-state index contributed by atoms with van der Waals surface area (Å²) in [6.07, 6.45) is 2.26. The minimum absolute atomic E-state index is 0.0926. The second-order valence-electron chi connectivity index (χ2n) is 7.94. The molecule has 0 aromatic heterocycles. The molecule has 28 heavy (non-hydrogen) atoms. The molecule has 0 bridgehead atoms. The van der Waals surface area contributed by atoms with Crippen LogP contribution in [0, 0.1) is 0 Å². The van der Waals surface area contributed by atoms with Crippen molar-refractivity contribution in [2.75, 3.05) is 43.0 Å². The first-order chi connectivity index (χ1) is 13.6. The Morgan fingerprint density at radius 1 is 0.929 bits per heavy atom. The van der Waals surface area contributed by atoms with E-state index in [1.165, 1.54) is 11.3 Å². The highest BCUT2D eigenvalue weighted by atomic mass is 16.2. The Morgan fingerprint density at radius 3 is 2.32 bits per heavy atom. The third kappa shape index (κ3) is 3.99. The molecule has 0 aliphatic carbocycles. The van der Waals surface area contributed by atoms with Gasteiger partial charge in [-0.3, -0.25) is 4.90 Å². The molecule has 0 saturated carbocycles. The van der Waals surface area contributed by atoms with Gasteiger partial charge in [-0.05, 0) is 43.5 Å². The molecule has 2 aromatic rings. The molecule has 5 nitrogen and oxygen atoms in total. The normalized spacial score (nSPS) is 19.4. The number of hydrogen-bond acceptors (Lipinski definition) is 3. The van der Waals surface area contributed by atoms with Crippen molar-refractivity contribution in [3.05, 3.63) is 60.2 Å². The van der Waals surface area contributed by atoms with E-state index >= 15 is 0 Å². The molecule has 1 atom stereocenters. The Hall–Kier alpha value is -2.53. The zero-order valence-corrected chi connectivity index (χ0v) is 16.8. The zero-order chi connectivity index (χ0) is 19.5. The predicted octanol–water partition coefficient (Wildman–Crippen LogP) is 3.88. The van der Waals surface area contributed by atoms with E-state index in [9.17, 15) is 4.79 Å². The molecule has 1 N–H and O–H groups in total. The van der Waals surface area contributed by atoms with E-state index in [4.69, 9.17) is 0 Å². The minimum atomic E-state index is 0.0926. The van der Waals surface area contributed by atoms with Gasteiger partial charge in [0.15, 0.2) is 0 Å². The Bertz CT molecular complexity index is 801. The van der Waals surface area contributed by atoms with E-state index in [-0.39, 0.29) is 6.03 Å². The van der Waals surface area contributed by atoms with Crippen LogP contribution in [0.15, 0.2) is 54.6 Å². The number of carbonyl (C=O) groups excluding carboxylic acids is 1. The fourth-order valence-electron chi connectivity index (χ4n) is 4.24. The predicted molar refractivity (Wildman–Crippen MR) is 115 cm³/mol. The largest absolute Gasteiger partial charge is 0.371 e. The highest BCUT2D eigenvalue weighted by Gasteiger charge is 2.27. The maximum absolute atomic E-state index is 12.3. The van der Waals surface area contributed by atoms with Crippen molar-refractivity contribution in [2.45, 2.75) is 31.8 Å². The quantitative estimate of drug-likeness (QED) is 0.858. The number of carbonyl (C=O) groups is 1. The maximum atomic E-state index is 12.3. The summed E-state index contributed by atoms with van der Waals surface area (Å²) >= 11 is 0. The monoisotopic (exact) mass is 378 g/mol. The summed E-state index contributed by atoms with van der Waals surface area (Å²) in [7, 11) is 1.86. The van der Waals surface area contributed by atoms with E-state index in [1.807, 2.05) is 18.0 Å². The van der Waals surface area contributed by atoms with Crippen LogP contribution >= 0.6 is 0 Å². The number of likely N-dealkylation sites (N-methyl/N-ethyl adjacent to an activating group) is 1. The lowest BCUT2D eigenvalue weighted by molar-refractivity contribution is 0.229. The van der Waals surface area contributed by atoms with Crippen molar-refractivity contribution in [1.82, 2.24) is 10.2 Å².